The van der Waals surface area contributed by atoms with Crippen molar-refractivity contribution in [1.29, 1.82) is 0 Å². The van der Waals surface area contributed by atoms with E-state index in [0.29, 0.717) is 23.7 Å². The number of nitrogens with one attached hydrogen (secondary N) is 2. The molecule has 0 unspecified atom stereocenters. The molecule has 0 atom stereocenters. The standard InChI is InChI=1S/C15H21N7OS/c1-10-14(24-21-20-10)15(23)17-6-5-16-12-9-13(19-11(2)18-12)22-7-3-4-8-22/h9H,3-8H2,1-2H3,(H,17,23)(H,16,18,19). The first-order valence-electron chi connectivity index (χ1n) is 8.05. The largest absolute Gasteiger partial charge is 0.368 e. The normalized spacial score (nSPS) is 14.0. The Hall–Kier alpha value is -2.29. The van der Waals surface area contributed by atoms with Crippen LogP contribution in [0, 0.1) is 13.8 Å². The maximum absolute atomic E-state index is 12.0. The third-order valence-corrected chi connectivity index (χ3v) is 4.66. The van der Waals surface area contributed by atoms with Crippen molar-refractivity contribution in [3.05, 3.63) is 22.5 Å². The molecule has 3 heterocycles. The highest BCUT2D eigenvalue weighted by Crippen LogP contribution is 2.20. The summed E-state index contributed by atoms with van der Waals surface area (Å²) in [7, 11) is 0. The molecular formula is C15H21N7OS. The first-order valence-corrected chi connectivity index (χ1v) is 8.82. The summed E-state index contributed by atoms with van der Waals surface area (Å²) in [6.45, 7) is 6.86. The second-order valence-corrected chi connectivity index (χ2v) is 6.48. The van der Waals surface area contributed by atoms with Gasteiger partial charge in [0, 0.05) is 32.2 Å². The monoisotopic (exact) mass is 347 g/mol. The van der Waals surface area contributed by atoms with Crippen LogP contribution in [0.4, 0.5) is 11.6 Å². The van der Waals surface area contributed by atoms with Gasteiger partial charge in [-0.2, -0.15) is 0 Å². The number of carbonyl (C=O) groups is 1. The lowest BCUT2D eigenvalue weighted by molar-refractivity contribution is 0.0958. The number of hydrogen-bond acceptors (Lipinski definition) is 8. The number of hydrogen-bond donors (Lipinski definition) is 2. The van der Waals surface area contributed by atoms with E-state index in [1.807, 2.05) is 13.0 Å². The fourth-order valence-electron chi connectivity index (χ4n) is 2.64. The Balaban J connectivity index is 1.51. The number of nitrogens with zero attached hydrogens (tertiary/aromatic N) is 5. The lowest BCUT2D eigenvalue weighted by Crippen LogP contribution is -2.29. The number of aromatic nitrogens is 4. The molecule has 1 saturated heterocycles. The molecule has 1 aliphatic heterocycles. The van der Waals surface area contributed by atoms with E-state index in [4.69, 9.17) is 0 Å². The van der Waals surface area contributed by atoms with Crippen molar-refractivity contribution in [2.45, 2.75) is 26.7 Å². The molecule has 0 aliphatic carbocycles. The molecule has 24 heavy (non-hydrogen) atoms. The van der Waals surface area contributed by atoms with Crippen LogP contribution < -0.4 is 15.5 Å². The number of anilines is 2. The molecule has 2 aromatic rings. The predicted molar refractivity (Wildman–Crippen MR) is 93.7 cm³/mol. The maximum atomic E-state index is 12.0. The van der Waals surface area contributed by atoms with Crippen molar-refractivity contribution in [3.8, 4) is 0 Å². The summed E-state index contributed by atoms with van der Waals surface area (Å²) in [5.74, 6) is 2.37. The molecule has 1 amide bonds. The Morgan fingerprint density at radius 2 is 2.04 bits per heavy atom. The van der Waals surface area contributed by atoms with Gasteiger partial charge in [-0.1, -0.05) is 4.49 Å². The van der Waals surface area contributed by atoms with Crippen LogP contribution in [-0.2, 0) is 0 Å². The number of carbonyl (C=O) groups excluding carboxylic acids is 1. The van der Waals surface area contributed by atoms with Crippen LogP contribution in [0.5, 0.6) is 0 Å². The number of rotatable bonds is 6. The fourth-order valence-corrected chi connectivity index (χ4v) is 3.21. The van der Waals surface area contributed by atoms with Gasteiger partial charge in [-0.3, -0.25) is 4.79 Å². The zero-order valence-electron chi connectivity index (χ0n) is 13.9. The summed E-state index contributed by atoms with van der Waals surface area (Å²) in [5.41, 5.74) is 0.659. The molecule has 1 fully saturated rings. The summed E-state index contributed by atoms with van der Waals surface area (Å²) in [5, 5.41) is 9.94. The van der Waals surface area contributed by atoms with E-state index in [1.165, 1.54) is 12.8 Å². The molecule has 0 bridgehead atoms. The Labute approximate surface area is 144 Å². The lowest BCUT2D eigenvalue weighted by Gasteiger charge is -2.17. The molecular weight excluding hydrogens is 326 g/mol. The third-order valence-electron chi connectivity index (χ3n) is 3.83. The van der Waals surface area contributed by atoms with E-state index in [2.05, 4.69) is 35.1 Å². The first-order chi connectivity index (χ1) is 11.6. The third kappa shape index (κ3) is 3.97. The molecule has 8 nitrogen and oxygen atoms in total. The number of aryl methyl sites for hydroxylation is 2. The molecule has 128 valence electrons. The highest BCUT2D eigenvalue weighted by atomic mass is 32.1. The van der Waals surface area contributed by atoms with Gasteiger partial charge in [0.25, 0.3) is 5.91 Å². The van der Waals surface area contributed by atoms with Gasteiger partial charge in [-0.25, -0.2) is 9.97 Å². The quantitative estimate of drug-likeness (QED) is 0.762. The number of amides is 1. The Morgan fingerprint density at radius 1 is 1.25 bits per heavy atom. The van der Waals surface area contributed by atoms with E-state index in [-0.39, 0.29) is 5.91 Å². The average molecular weight is 347 g/mol. The first kappa shape index (κ1) is 16.6. The van der Waals surface area contributed by atoms with Gasteiger partial charge >= 0.3 is 0 Å². The molecule has 0 spiro atoms. The van der Waals surface area contributed by atoms with Crippen LogP contribution in [-0.4, -0.2) is 51.6 Å². The van der Waals surface area contributed by atoms with Gasteiger partial charge in [-0.05, 0) is 38.2 Å². The van der Waals surface area contributed by atoms with Crippen LogP contribution in [0.2, 0.25) is 0 Å². The molecule has 9 heteroatoms. The van der Waals surface area contributed by atoms with Crippen LogP contribution in [0.15, 0.2) is 6.07 Å². The zero-order chi connectivity index (χ0) is 16.9. The van der Waals surface area contributed by atoms with E-state index in [0.717, 1.165) is 42.1 Å². The van der Waals surface area contributed by atoms with Gasteiger partial charge < -0.3 is 15.5 Å². The van der Waals surface area contributed by atoms with Crippen LogP contribution in [0.1, 0.15) is 34.0 Å². The second-order valence-electron chi connectivity index (χ2n) is 5.72. The molecule has 0 saturated carbocycles. The second kappa shape index (κ2) is 7.52. The average Bonchev–Trinajstić information content (AvgIpc) is 3.22. The van der Waals surface area contributed by atoms with Crippen LogP contribution >= 0.6 is 11.5 Å². The maximum Gasteiger partial charge on any atom is 0.265 e. The van der Waals surface area contributed by atoms with Crippen molar-refractivity contribution in [3.63, 3.8) is 0 Å². The van der Waals surface area contributed by atoms with Crippen LogP contribution in [0.25, 0.3) is 0 Å². The molecule has 1 aliphatic rings. The summed E-state index contributed by atoms with van der Waals surface area (Å²) in [6.07, 6.45) is 2.42. The minimum absolute atomic E-state index is 0.138. The minimum Gasteiger partial charge on any atom is -0.368 e. The van der Waals surface area contributed by atoms with E-state index in [1.54, 1.807) is 6.92 Å². The van der Waals surface area contributed by atoms with Crippen molar-refractivity contribution < 1.29 is 4.79 Å². The van der Waals surface area contributed by atoms with Crippen molar-refractivity contribution in [2.24, 2.45) is 0 Å². The zero-order valence-corrected chi connectivity index (χ0v) is 14.7. The van der Waals surface area contributed by atoms with E-state index < -0.39 is 0 Å². The summed E-state index contributed by atoms with van der Waals surface area (Å²) in [4.78, 5) is 23.7. The minimum atomic E-state index is -0.138. The summed E-state index contributed by atoms with van der Waals surface area (Å²) in [6, 6.07) is 1.97. The SMILES string of the molecule is Cc1nc(NCCNC(=O)c2snnc2C)cc(N2CCCC2)n1. The van der Waals surface area contributed by atoms with Gasteiger partial charge in [0.1, 0.15) is 22.3 Å². The Bertz CT molecular complexity index is 712. The van der Waals surface area contributed by atoms with Crippen molar-refractivity contribution in [1.82, 2.24) is 24.9 Å². The predicted octanol–water partition coefficient (Wildman–Crippen LogP) is 1.39. The smallest absolute Gasteiger partial charge is 0.265 e. The highest BCUT2D eigenvalue weighted by molar-refractivity contribution is 7.07. The van der Waals surface area contributed by atoms with E-state index in [9.17, 15) is 4.79 Å². The summed E-state index contributed by atoms with van der Waals surface area (Å²) >= 11 is 1.11. The molecule has 2 aromatic heterocycles. The Morgan fingerprint density at radius 3 is 2.75 bits per heavy atom. The van der Waals surface area contributed by atoms with Gasteiger partial charge in [0.05, 0.1) is 5.69 Å². The van der Waals surface area contributed by atoms with Gasteiger partial charge in [0.15, 0.2) is 0 Å². The molecule has 3 rings (SSSR count). The highest BCUT2D eigenvalue weighted by Gasteiger charge is 2.15. The van der Waals surface area contributed by atoms with Crippen LogP contribution in [0.3, 0.4) is 0 Å². The fraction of sp³-hybridized carbons (Fsp3) is 0.533. The lowest BCUT2D eigenvalue weighted by atomic mass is 10.4. The van der Waals surface area contributed by atoms with Crippen molar-refractivity contribution in [2.75, 3.05) is 36.4 Å². The van der Waals surface area contributed by atoms with Gasteiger partial charge in [0.2, 0.25) is 0 Å². The molecule has 2 N–H and O–H groups in total. The molecule has 0 radical (unpaired) electrons. The van der Waals surface area contributed by atoms with E-state index >= 15 is 0 Å². The van der Waals surface area contributed by atoms with Crippen molar-refractivity contribution >= 4 is 29.1 Å². The Kier molecular flexibility index (Phi) is 5.19. The topological polar surface area (TPSA) is 95.9 Å². The summed E-state index contributed by atoms with van der Waals surface area (Å²) < 4.78 is 3.77. The molecule has 0 aromatic carbocycles. The van der Waals surface area contributed by atoms with Gasteiger partial charge in [-0.15, -0.1) is 5.10 Å².